The number of rotatable bonds is 37. The summed E-state index contributed by atoms with van der Waals surface area (Å²) < 4.78 is 28.2. The predicted molar refractivity (Wildman–Crippen MR) is 194 cm³/mol. The van der Waals surface area contributed by atoms with E-state index < -0.39 is 13.9 Å². The smallest absolute Gasteiger partial charge is 0.374 e. The number of ether oxygens (including phenoxy) is 1. The van der Waals surface area contributed by atoms with Crippen LogP contribution in [0.5, 0.6) is 0 Å². The SMILES string of the molecule is CCCCCCCCCCCCCCCCCOC(CNC(=O)CCCCCCCCCCCCC)COP(=O)(O)OCCBr. The average molecular weight is 727 g/mol. The van der Waals surface area contributed by atoms with Gasteiger partial charge in [0.1, 0.15) is 0 Å². The van der Waals surface area contributed by atoms with Crippen LogP contribution >= 0.6 is 23.8 Å². The summed E-state index contributed by atoms with van der Waals surface area (Å²) in [5.41, 5.74) is 0. The molecule has 0 fully saturated rings. The summed E-state index contributed by atoms with van der Waals surface area (Å²) in [6, 6.07) is 0. The van der Waals surface area contributed by atoms with Gasteiger partial charge in [-0.2, -0.15) is 0 Å². The summed E-state index contributed by atoms with van der Waals surface area (Å²) in [5.74, 6) is -0.00535. The highest BCUT2D eigenvalue weighted by molar-refractivity contribution is 9.09. The van der Waals surface area contributed by atoms with Gasteiger partial charge in [0, 0.05) is 24.9 Å². The molecule has 0 aliphatic rings. The van der Waals surface area contributed by atoms with E-state index in [1.165, 1.54) is 141 Å². The second-order valence-electron chi connectivity index (χ2n) is 12.8. The molecule has 2 atom stereocenters. The lowest BCUT2D eigenvalue weighted by Gasteiger charge is -2.20. The molecule has 7 nitrogen and oxygen atoms in total. The number of phosphoric ester groups is 1. The highest BCUT2D eigenvalue weighted by Crippen LogP contribution is 2.43. The van der Waals surface area contributed by atoms with Gasteiger partial charge >= 0.3 is 7.82 Å². The molecule has 0 bridgehead atoms. The van der Waals surface area contributed by atoms with Crippen LogP contribution in [-0.2, 0) is 23.1 Å². The Bertz CT molecular complexity index is 671. The quantitative estimate of drug-likeness (QED) is 0.0376. The number of amides is 1. The molecule has 2 unspecified atom stereocenters. The fourth-order valence-electron chi connectivity index (χ4n) is 5.52. The molecule has 45 heavy (non-hydrogen) atoms. The largest absolute Gasteiger partial charge is 0.472 e. The molecule has 0 saturated carbocycles. The van der Waals surface area contributed by atoms with Gasteiger partial charge in [0.2, 0.25) is 5.91 Å². The maximum Gasteiger partial charge on any atom is 0.472 e. The second kappa shape index (κ2) is 35.3. The minimum absolute atomic E-state index is 0.00535. The van der Waals surface area contributed by atoms with Crippen molar-refractivity contribution < 1.29 is 28.0 Å². The Balaban J connectivity index is 4.04. The summed E-state index contributed by atoms with van der Waals surface area (Å²) in [6.07, 6.45) is 33.4. The third-order valence-electron chi connectivity index (χ3n) is 8.39. The van der Waals surface area contributed by atoms with E-state index in [0.29, 0.717) is 18.4 Å². The van der Waals surface area contributed by atoms with E-state index >= 15 is 0 Å². The summed E-state index contributed by atoms with van der Waals surface area (Å²) >= 11 is 3.18. The number of alkyl halides is 1. The Labute approximate surface area is 287 Å². The number of nitrogens with one attached hydrogen (secondary N) is 1. The zero-order chi connectivity index (χ0) is 33.1. The van der Waals surface area contributed by atoms with Gasteiger partial charge in [-0.1, -0.05) is 184 Å². The molecule has 270 valence electrons. The molecule has 0 rings (SSSR count). The number of carbonyl (C=O) groups excluding carboxylic acids is 1. The summed E-state index contributed by atoms with van der Waals surface area (Å²) in [6.45, 7) is 5.30. The standard InChI is InChI=1S/C36H73BrNO6P/c1-3-5-7-9-11-13-15-16-17-18-20-22-24-26-28-31-42-35(34-44-45(40,41)43-32-30-37)33-38-36(39)29-27-25-23-21-19-14-12-10-8-6-4-2/h35H,3-34H2,1-2H3,(H,38,39)(H,40,41). The first-order chi connectivity index (χ1) is 21.9. The van der Waals surface area contributed by atoms with Crippen LogP contribution in [0.3, 0.4) is 0 Å². The minimum atomic E-state index is -4.15. The fourth-order valence-corrected chi connectivity index (χ4v) is 6.68. The topological polar surface area (TPSA) is 94.1 Å². The first-order valence-electron chi connectivity index (χ1n) is 19.0. The summed E-state index contributed by atoms with van der Waals surface area (Å²) in [5, 5.41) is 3.38. The normalized spacial score (nSPS) is 13.6. The van der Waals surface area contributed by atoms with E-state index in [2.05, 4.69) is 35.1 Å². The molecule has 0 aliphatic heterocycles. The molecular weight excluding hydrogens is 653 g/mol. The lowest BCUT2D eigenvalue weighted by atomic mass is 10.0. The molecule has 2 N–H and O–H groups in total. The molecule has 0 spiro atoms. The Kier molecular flexibility index (Phi) is 35.3. The lowest BCUT2D eigenvalue weighted by Crippen LogP contribution is -2.36. The van der Waals surface area contributed by atoms with Crippen LogP contribution in [0.15, 0.2) is 0 Å². The van der Waals surface area contributed by atoms with Gasteiger partial charge in [-0.25, -0.2) is 4.57 Å². The van der Waals surface area contributed by atoms with Crippen molar-refractivity contribution in [2.75, 3.05) is 31.7 Å². The van der Waals surface area contributed by atoms with Crippen molar-refractivity contribution in [3.8, 4) is 0 Å². The molecular formula is C36H73BrNO6P. The van der Waals surface area contributed by atoms with Crippen molar-refractivity contribution in [2.45, 2.75) is 193 Å². The molecule has 0 radical (unpaired) electrons. The zero-order valence-corrected chi connectivity index (χ0v) is 32.0. The Morgan fingerprint density at radius 1 is 0.622 bits per heavy atom. The van der Waals surface area contributed by atoms with Gasteiger partial charge < -0.3 is 14.9 Å². The third-order valence-corrected chi connectivity index (χ3v) is 9.70. The van der Waals surface area contributed by atoms with E-state index in [9.17, 15) is 14.3 Å². The van der Waals surface area contributed by atoms with Gasteiger partial charge in [0.15, 0.2) is 0 Å². The van der Waals surface area contributed by atoms with Gasteiger partial charge in [-0.15, -0.1) is 0 Å². The number of phosphoric acid groups is 1. The first kappa shape index (κ1) is 45.0. The maximum atomic E-state index is 12.4. The molecule has 0 aliphatic carbocycles. The number of hydrogen-bond acceptors (Lipinski definition) is 5. The van der Waals surface area contributed by atoms with Gasteiger partial charge in [0.25, 0.3) is 0 Å². The van der Waals surface area contributed by atoms with Crippen LogP contribution in [0.25, 0.3) is 0 Å². The van der Waals surface area contributed by atoms with Crippen LogP contribution < -0.4 is 5.32 Å². The van der Waals surface area contributed by atoms with Crippen molar-refractivity contribution in [2.24, 2.45) is 0 Å². The fraction of sp³-hybridized carbons (Fsp3) is 0.972. The molecule has 0 aromatic carbocycles. The highest BCUT2D eigenvalue weighted by Gasteiger charge is 2.23. The van der Waals surface area contributed by atoms with E-state index in [1.807, 2.05) is 0 Å². The van der Waals surface area contributed by atoms with E-state index in [4.69, 9.17) is 13.8 Å². The van der Waals surface area contributed by atoms with Crippen molar-refractivity contribution in [3.05, 3.63) is 0 Å². The van der Waals surface area contributed by atoms with Crippen molar-refractivity contribution >= 4 is 29.7 Å². The lowest BCUT2D eigenvalue weighted by molar-refractivity contribution is -0.122. The molecule has 0 aromatic heterocycles. The Morgan fingerprint density at radius 3 is 1.44 bits per heavy atom. The van der Waals surface area contributed by atoms with Gasteiger partial charge in [0.05, 0.1) is 19.3 Å². The average Bonchev–Trinajstić information content (AvgIpc) is 3.03. The zero-order valence-electron chi connectivity index (χ0n) is 29.5. The van der Waals surface area contributed by atoms with Crippen LogP contribution in [0.2, 0.25) is 0 Å². The molecule has 0 saturated heterocycles. The Morgan fingerprint density at radius 2 is 1.02 bits per heavy atom. The Hall–Kier alpha value is 0.0200. The molecule has 0 heterocycles. The van der Waals surface area contributed by atoms with Gasteiger partial charge in [-0.3, -0.25) is 13.8 Å². The summed E-state index contributed by atoms with van der Waals surface area (Å²) in [7, 11) is -4.15. The number of hydrogen-bond donors (Lipinski definition) is 2. The number of unbranched alkanes of at least 4 members (excludes halogenated alkanes) is 24. The summed E-state index contributed by atoms with van der Waals surface area (Å²) in [4.78, 5) is 22.3. The molecule has 9 heteroatoms. The van der Waals surface area contributed by atoms with E-state index in [-0.39, 0.29) is 25.7 Å². The number of carbonyl (C=O) groups is 1. The maximum absolute atomic E-state index is 12.4. The third kappa shape index (κ3) is 35.2. The predicted octanol–water partition coefficient (Wildman–Crippen LogP) is 11.6. The van der Waals surface area contributed by atoms with Crippen LogP contribution in [0.4, 0.5) is 0 Å². The van der Waals surface area contributed by atoms with E-state index in [0.717, 1.165) is 25.7 Å². The number of halogens is 1. The van der Waals surface area contributed by atoms with Crippen molar-refractivity contribution in [1.82, 2.24) is 5.32 Å². The molecule has 0 aromatic rings. The first-order valence-corrected chi connectivity index (χ1v) is 21.6. The monoisotopic (exact) mass is 725 g/mol. The van der Waals surface area contributed by atoms with Crippen molar-refractivity contribution in [1.29, 1.82) is 0 Å². The highest BCUT2D eigenvalue weighted by atomic mass is 79.9. The minimum Gasteiger partial charge on any atom is -0.374 e. The second-order valence-corrected chi connectivity index (χ2v) is 15.1. The van der Waals surface area contributed by atoms with E-state index in [1.54, 1.807) is 0 Å². The van der Waals surface area contributed by atoms with Crippen LogP contribution in [0.1, 0.15) is 187 Å². The van der Waals surface area contributed by atoms with Crippen LogP contribution in [0, 0.1) is 0 Å². The van der Waals surface area contributed by atoms with Crippen molar-refractivity contribution in [3.63, 3.8) is 0 Å². The van der Waals surface area contributed by atoms with Gasteiger partial charge in [-0.05, 0) is 12.8 Å². The molecule has 1 amide bonds. The van der Waals surface area contributed by atoms with Crippen LogP contribution in [-0.4, -0.2) is 48.6 Å².